The molecule has 2 N–H and O–H groups in total. The number of amides is 2. The fourth-order valence-corrected chi connectivity index (χ4v) is 2.18. The third kappa shape index (κ3) is 2.83. The topological polar surface area (TPSA) is 94.8 Å². The second kappa shape index (κ2) is 6.06. The molecule has 0 aliphatic carbocycles. The molecule has 1 aromatic rings. The van der Waals surface area contributed by atoms with Gasteiger partial charge in [0, 0.05) is 12.7 Å². The van der Waals surface area contributed by atoms with E-state index in [9.17, 15) is 9.59 Å². The van der Waals surface area contributed by atoms with Crippen LogP contribution in [0, 0.1) is 0 Å². The van der Waals surface area contributed by atoms with E-state index >= 15 is 0 Å². The highest BCUT2D eigenvalue weighted by molar-refractivity contribution is 6.32. The molecule has 2 rings (SSSR count). The van der Waals surface area contributed by atoms with Crippen molar-refractivity contribution >= 4 is 23.4 Å². The predicted molar refractivity (Wildman–Crippen MR) is 70.6 cm³/mol. The highest BCUT2D eigenvalue weighted by Crippen LogP contribution is 2.23. The fourth-order valence-electron chi connectivity index (χ4n) is 1.94. The van der Waals surface area contributed by atoms with Gasteiger partial charge in [-0.15, -0.1) is 0 Å². The number of aromatic nitrogens is 1. The molecule has 1 aliphatic heterocycles. The van der Waals surface area contributed by atoms with Gasteiger partial charge < -0.3 is 20.1 Å². The van der Waals surface area contributed by atoms with E-state index in [1.165, 1.54) is 24.3 Å². The second-order valence-corrected chi connectivity index (χ2v) is 4.61. The van der Waals surface area contributed by atoms with Crippen LogP contribution in [0.5, 0.6) is 5.88 Å². The van der Waals surface area contributed by atoms with Crippen LogP contribution < -0.4 is 10.5 Å². The van der Waals surface area contributed by atoms with E-state index in [4.69, 9.17) is 26.8 Å². The Kier molecular flexibility index (Phi) is 4.41. The van der Waals surface area contributed by atoms with Gasteiger partial charge in [0.05, 0.1) is 25.9 Å². The first kappa shape index (κ1) is 14.5. The summed E-state index contributed by atoms with van der Waals surface area (Å²) < 4.78 is 10.1. The van der Waals surface area contributed by atoms with E-state index in [1.807, 2.05) is 0 Å². The molecule has 7 nitrogen and oxygen atoms in total. The Morgan fingerprint density at radius 1 is 1.60 bits per heavy atom. The Morgan fingerprint density at radius 3 is 2.95 bits per heavy atom. The minimum Gasteiger partial charge on any atom is -0.480 e. The molecule has 20 heavy (non-hydrogen) atoms. The van der Waals surface area contributed by atoms with Gasteiger partial charge in [0.15, 0.2) is 0 Å². The number of nitrogens with two attached hydrogens (primary N) is 1. The Labute approximate surface area is 120 Å². The second-order valence-electron chi connectivity index (χ2n) is 4.21. The molecule has 1 fully saturated rings. The molecule has 0 aromatic carbocycles. The third-order valence-electron chi connectivity index (χ3n) is 2.97. The molecule has 1 saturated heterocycles. The van der Waals surface area contributed by atoms with Gasteiger partial charge >= 0.3 is 0 Å². The monoisotopic (exact) mass is 299 g/mol. The number of morpholine rings is 1. The van der Waals surface area contributed by atoms with Crippen LogP contribution in [0.2, 0.25) is 5.02 Å². The minimum absolute atomic E-state index is 0.0956. The van der Waals surface area contributed by atoms with E-state index in [1.54, 1.807) is 0 Å². The molecule has 1 aromatic heterocycles. The van der Waals surface area contributed by atoms with E-state index in [0.29, 0.717) is 6.61 Å². The Balaban J connectivity index is 2.25. The summed E-state index contributed by atoms with van der Waals surface area (Å²) in [5.41, 5.74) is 5.54. The number of methoxy groups -OCH3 is 1. The molecule has 1 unspecified atom stereocenters. The van der Waals surface area contributed by atoms with Crippen molar-refractivity contribution in [1.29, 1.82) is 0 Å². The van der Waals surface area contributed by atoms with E-state index < -0.39 is 11.9 Å². The van der Waals surface area contributed by atoms with Crippen LogP contribution in [0.15, 0.2) is 12.3 Å². The molecule has 2 heterocycles. The molecule has 0 spiro atoms. The van der Waals surface area contributed by atoms with Gasteiger partial charge in [-0.05, 0) is 6.07 Å². The van der Waals surface area contributed by atoms with Gasteiger partial charge in [-0.2, -0.15) is 0 Å². The third-order valence-corrected chi connectivity index (χ3v) is 3.24. The molecule has 8 heteroatoms. The SMILES string of the molecule is COc1ncc(C(=O)N2CCOCC2C(N)=O)cc1Cl. The number of carbonyl (C=O) groups is 2. The van der Waals surface area contributed by atoms with Crippen molar-refractivity contribution < 1.29 is 19.1 Å². The quantitative estimate of drug-likeness (QED) is 0.852. The van der Waals surface area contributed by atoms with Crippen LogP contribution in [0.4, 0.5) is 0 Å². The number of halogens is 1. The summed E-state index contributed by atoms with van der Waals surface area (Å²) in [6, 6.07) is 0.667. The van der Waals surface area contributed by atoms with E-state index in [2.05, 4.69) is 4.98 Å². The van der Waals surface area contributed by atoms with Crippen LogP contribution in [0.1, 0.15) is 10.4 Å². The summed E-state index contributed by atoms with van der Waals surface area (Å²) in [5, 5.41) is 0.224. The summed E-state index contributed by atoms with van der Waals surface area (Å²) in [6.07, 6.45) is 1.35. The number of hydrogen-bond donors (Lipinski definition) is 1. The molecule has 0 bridgehead atoms. The maximum atomic E-state index is 12.4. The smallest absolute Gasteiger partial charge is 0.256 e. The van der Waals surface area contributed by atoms with Gasteiger partial charge in [-0.3, -0.25) is 9.59 Å². The normalized spacial score (nSPS) is 18.7. The first-order valence-electron chi connectivity index (χ1n) is 5.92. The standard InChI is InChI=1S/C12H14ClN3O4/c1-19-11-8(13)4-7(5-15-11)12(18)16-2-3-20-6-9(16)10(14)17/h4-5,9H,2-3,6H2,1H3,(H2,14,17). The van der Waals surface area contributed by atoms with Crippen molar-refractivity contribution in [2.24, 2.45) is 5.73 Å². The van der Waals surface area contributed by atoms with Crippen molar-refractivity contribution in [2.45, 2.75) is 6.04 Å². The summed E-state index contributed by atoms with van der Waals surface area (Å²) in [4.78, 5) is 29.0. The van der Waals surface area contributed by atoms with Crippen LogP contribution in [-0.4, -0.2) is 54.6 Å². The summed E-state index contributed by atoms with van der Waals surface area (Å²) in [6.45, 7) is 0.737. The van der Waals surface area contributed by atoms with Crippen molar-refractivity contribution in [2.75, 3.05) is 26.9 Å². The zero-order chi connectivity index (χ0) is 14.7. The van der Waals surface area contributed by atoms with Gasteiger partial charge in [0.1, 0.15) is 11.1 Å². The molecule has 1 aliphatic rings. The van der Waals surface area contributed by atoms with Crippen LogP contribution >= 0.6 is 11.6 Å². The van der Waals surface area contributed by atoms with E-state index in [-0.39, 0.29) is 35.5 Å². The Hall–Kier alpha value is -1.86. The number of hydrogen-bond acceptors (Lipinski definition) is 5. The number of primary amides is 1. The molecule has 108 valence electrons. The van der Waals surface area contributed by atoms with Crippen molar-refractivity contribution in [3.05, 3.63) is 22.8 Å². The van der Waals surface area contributed by atoms with Crippen molar-refractivity contribution in [3.63, 3.8) is 0 Å². The largest absolute Gasteiger partial charge is 0.480 e. The first-order valence-corrected chi connectivity index (χ1v) is 6.30. The predicted octanol–water partition coefficient (Wildman–Crippen LogP) is 0.0699. The van der Waals surface area contributed by atoms with Crippen LogP contribution in [0.25, 0.3) is 0 Å². The summed E-state index contributed by atoms with van der Waals surface area (Å²) in [5.74, 6) is -0.739. The lowest BCUT2D eigenvalue weighted by Gasteiger charge is -2.33. The van der Waals surface area contributed by atoms with Gasteiger partial charge in [-0.1, -0.05) is 11.6 Å². The van der Waals surface area contributed by atoms with Gasteiger partial charge in [-0.25, -0.2) is 4.98 Å². The fraction of sp³-hybridized carbons (Fsp3) is 0.417. The maximum Gasteiger partial charge on any atom is 0.256 e. The molecule has 0 radical (unpaired) electrons. The molecule has 1 atom stereocenters. The number of ether oxygens (including phenoxy) is 2. The van der Waals surface area contributed by atoms with Gasteiger partial charge in [0.2, 0.25) is 11.8 Å². The molecule has 0 saturated carbocycles. The lowest BCUT2D eigenvalue weighted by atomic mass is 10.1. The highest BCUT2D eigenvalue weighted by Gasteiger charge is 2.32. The first-order chi connectivity index (χ1) is 9.54. The van der Waals surface area contributed by atoms with E-state index in [0.717, 1.165) is 0 Å². The maximum absolute atomic E-state index is 12.4. The Bertz CT molecular complexity index is 537. The minimum atomic E-state index is -0.780. The average Bonchev–Trinajstić information content (AvgIpc) is 2.46. The number of nitrogens with zero attached hydrogens (tertiary/aromatic N) is 2. The highest BCUT2D eigenvalue weighted by atomic mass is 35.5. The zero-order valence-corrected chi connectivity index (χ0v) is 11.6. The lowest BCUT2D eigenvalue weighted by Crippen LogP contribution is -2.54. The molecular formula is C12H14ClN3O4. The summed E-state index contributed by atoms with van der Waals surface area (Å²) in [7, 11) is 1.43. The molecule has 2 amide bonds. The lowest BCUT2D eigenvalue weighted by molar-refractivity contribution is -0.127. The zero-order valence-electron chi connectivity index (χ0n) is 10.8. The average molecular weight is 300 g/mol. The number of pyridine rings is 1. The van der Waals surface area contributed by atoms with Crippen molar-refractivity contribution in [1.82, 2.24) is 9.88 Å². The number of rotatable bonds is 3. The summed E-state index contributed by atoms with van der Waals surface area (Å²) >= 11 is 5.94. The van der Waals surface area contributed by atoms with Gasteiger partial charge in [0.25, 0.3) is 5.91 Å². The van der Waals surface area contributed by atoms with Crippen LogP contribution in [0.3, 0.4) is 0 Å². The molecular weight excluding hydrogens is 286 g/mol. The number of carbonyl (C=O) groups excluding carboxylic acids is 2. The van der Waals surface area contributed by atoms with Crippen LogP contribution in [-0.2, 0) is 9.53 Å². The Morgan fingerprint density at radius 2 is 2.35 bits per heavy atom. The van der Waals surface area contributed by atoms with Crippen molar-refractivity contribution in [3.8, 4) is 5.88 Å².